The summed E-state index contributed by atoms with van der Waals surface area (Å²) in [6.07, 6.45) is 5.10. The van der Waals surface area contributed by atoms with E-state index in [1.165, 1.54) is 30.8 Å². The lowest BCUT2D eigenvalue weighted by Gasteiger charge is -2.47. The third kappa shape index (κ3) is 3.70. The zero-order valence-corrected chi connectivity index (χ0v) is 14.3. The Labute approximate surface area is 128 Å². The standard InChI is InChI=1S/C16H31NO2S/c1-12(2)15(18-4)14(17-3)13-5-8-19-16(11-13)6-9-20-10-7-16/h12-15,17H,5-11H2,1-4H3. The van der Waals surface area contributed by atoms with Crippen LogP contribution in [0.1, 0.15) is 39.5 Å². The highest BCUT2D eigenvalue weighted by atomic mass is 32.2. The van der Waals surface area contributed by atoms with Gasteiger partial charge in [0.2, 0.25) is 0 Å². The highest BCUT2D eigenvalue weighted by Crippen LogP contribution is 2.41. The number of hydrogen-bond donors (Lipinski definition) is 1. The molecule has 1 N–H and O–H groups in total. The third-order valence-electron chi connectivity index (χ3n) is 5.06. The van der Waals surface area contributed by atoms with Gasteiger partial charge in [-0.2, -0.15) is 11.8 Å². The second-order valence-corrected chi connectivity index (χ2v) is 7.88. The summed E-state index contributed by atoms with van der Waals surface area (Å²) < 4.78 is 12.0. The van der Waals surface area contributed by atoms with Crippen LogP contribution < -0.4 is 5.32 Å². The Balaban J connectivity index is 2.05. The minimum atomic E-state index is 0.165. The van der Waals surface area contributed by atoms with Gasteiger partial charge in [0.15, 0.2) is 0 Å². The van der Waals surface area contributed by atoms with E-state index in [2.05, 4.69) is 38.0 Å². The van der Waals surface area contributed by atoms with Crippen molar-refractivity contribution in [2.75, 3.05) is 32.3 Å². The van der Waals surface area contributed by atoms with Crippen LogP contribution in [0.25, 0.3) is 0 Å². The Morgan fingerprint density at radius 2 is 2.00 bits per heavy atom. The number of hydrogen-bond acceptors (Lipinski definition) is 4. The van der Waals surface area contributed by atoms with Gasteiger partial charge in [-0.15, -0.1) is 0 Å². The van der Waals surface area contributed by atoms with Crippen molar-refractivity contribution in [3.63, 3.8) is 0 Å². The van der Waals surface area contributed by atoms with E-state index in [1.807, 2.05) is 7.11 Å². The van der Waals surface area contributed by atoms with Gasteiger partial charge >= 0.3 is 0 Å². The van der Waals surface area contributed by atoms with Crippen LogP contribution in [0.5, 0.6) is 0 Å². The second kappa shape index (κ2) is 7.48. The maximum atomic E-state index is 6.22. The molecule has 2 rings (SSSR count). The average molecular weight is 301 g/mol. The zero-order chi connectivity index (χ0) is 14.6. The fourth-order valence-corrected chi connectivity index (χ4v) is 5.20. The lowest BCUT2D eigenvalue weighted by atomic mass is 9.76. The Morgan fingerprint density at radius 1 is 1.30 bits per heavy atom. The number of rotatable bonds is 5. The molecular formula is C16H31NO2S. The normalized spacial score (nSPS) is 29.6. The lowest BCUT2D eigenvalue weighted by Crippen LogP contribution is -2.53. The van der Waals surface area contributed by atoms with Gasteiger partial charge in [-0.1, -0.05) is 13.8 Å². The third-order valence-corrected chi connectivity index (χ3v) is 6.05. The van der Waals surface area contributed by atoms with Crippen molar-refractivity contribution < 1.29 is 9.47 Å². The quantitative estimate of drug-likeness (QED) is 0.846. The molecule has 2 saturated heterocycles. The van der Waals surface area contributed by atoms with E-state index < -0.39 is 0 Å². The van der Waals surface area contributed by atoms with E-state index in [4.69, 9.17) is 9.47 Å². The van der Waals surface area contributed by atoms with Gasteiger partial charge < -0.3 is 14.8 Å². The summed E-state index contributed by atoms with van der Waals surface area (Å²) in [7, 11) is 3.93. The van der Waals surface area contributed by atoms with Crippen molar-refractivity contribution in [3.05, 3.63) is 0 Å². The molecule has 3 nitrogen and oxygen atoms in total. The van der Waals surface area contributed by atoms with Crippen LogP contribution in [0.15, 0.2) is 0 Å². The van der Waals surface area contributed by atoms with Crippen LogP contribution in [-0.4, -0.2) is 50.0 Å². The van der Waals surface area contributed by atoms with Crippen molar-refractivity contribution in [2.45, 2.75) is 57.3 Å². The predicted octanol–water partition coefficient (Wildman–Crippen LogP) is 2.94. The molecule has 0 saturated carbocycles. The molecule has 118 valence electrons. The maximum absolute atomic E-state index is 6.22. The number of likely N-dealkylation sites (N-methyl/N-ethyl adjacent to an activating group) is 1. The molecule has 1 spiro atoms. The second-order valence-electron chi connectivity index (χ2n) is 6.66. The molecule has 3 unspecified atom stereocenters. The van der Waals surface area contributed by atoms with Gasteiger partial charge in [-0.05, 0) is 56.1 Å². The first-order chi connectivity index (χ1) is 9.62. The Kier molecular flexibility index (Phi) is 6.21. The van der Waals surface area contributed by atoms with E-state index in [0.29, 0.717) is 17.9 Å². The SMILES string of the molecule is CNC(C1CCOC2(CCSCC2)C1)C(OC)C(C)C. The molecule has 20 heavy (non-hydrogen) atoms. The van der Waals surface area contributed by atoms with Gasteiger partial charge in [-0.25, -0.2) is 0 Å². The summed E-state index contributed by atoms with van der Waals surface area (Å²) >= 11 is 2.07. The fraction of sp³-hybridized carbons (Fsp3) is 1.00. The zero-order valence-electron chi connectivity index (χ0n) is 13.5. The van der Waals surface area contributed by atoms with E-state index in [1.54, 1.807) is 0 Å². The van der Waals surface area contributed by atoms with Crippen LogP contribution in [0.2, 0.25) is 0 Å². The van der Waals surface area contributed by atoms with E-state index >= 15 is 0 Å². The smallest absolute Gasteiger partial charge is 0.0749 e. The van der Waals surface area contributed by atoms with Gasteiger partial charge in [0.1, 0.15) is 0 Å². The largest absolute Gasteiger partial charge is 0.380 e. The molecule has 0 aromatic rings. The molecule has 2 aliphatic rings. The summed E-state index contributed by atoms with van der Waals surface area (Å²) in [5.41, 5.74) is 0.165. The Bertz CT molecular complexity index is 287. The van der Waals surface area contributed by atoms with Crippen LogP contribution in [0, 0.1) is 11.8 Å². The first-order valence-electron chi connectivity index (χ1n) is 8.03. The molecule has 3 atom stereocenters. The summed E-state index contributed by atoms with van der Waals surface area (Å²) in [6, 6.07) is 0.440. The van der Waals surface area contributed by atoms with Crippen molar-refractivity contribution in [1.29, 1.82) is 0 Å². The molecule has 2 fully saturated rings. The topological polar surface area (TPSA) is 30.5 Å². The predicted molar refractivity (Wildman–Crippen MR) is 86.4 cm³/mol. The molecule has 0 aliphatic carbocycles. The number of thioether (sulfide) groups is 1. The molecule has 0 amide bonds. The van der Waals surface area contributed by atoms with Gasteiger partial charge in [0.25, 0.3) is 0 Å². The molecule has 2 aliphatic heterocycles. The summed E-state index contributed by atoms with van der Waals surface area (Å²) in [5.74, 6) is 3.73. The van der Waals surface area contributed by atoms with Crippen LogP contribution in [-0.2, 0) is 9.47 Å². The highest BCUT2D eigenvalue weighted by molar-refractivity contribution is 7.99. The molecule has 0 radical (unpaired) electrons. The molecular weight excluding hydrogens is 270 g/mol. The van der Waals surface area contributed by atoms with Gasteiger partial charge in [0, 0.05) is 19.8 Å². The van der Waals surface area contributed by atoms with Crippen molar-refractivity contribution in [3.8, 4) is 0 Å². The minimum absolute atomic E-state index is 0.165. The number of methoxy groups -OCH3 is 1. The lowest BCUT2D eigenvalue weighted by molar-refractivity contribution is -0.117. The molecule has 0 aromatic heterocycles. The number of nitrogens with one attached hydrogen (secondary N) is 1. The average Bonchev–Trinajstić information content (AvgIpc) is 2.45. The fourth-order valence-electron chi connectivity index (χ4n) is 3.97. The van der Waals surface area contributed by atoms with Gasteiger partial charge in [0.05, 0.1) is 11.7 Å². The van der Waals surface area contributed by atoms with Crippen LogP contribution >= 0.6 is 11.8 Å². The van der Waals surface area contributed by atoms with Crippen LogP contribution in [0.4, 0.5) is 0 Å². The first-order valence-corrected chi connectivity index (χ1v) is 9.19. The van der Waals surface area contributed by atoms with Crippen molar-refractivity contribution >= 4 is 11.8 Å². The van der Waals surface area contributed by atoms with E-state index in [9.17, 15) is 0 Å². The Morgan fingerprint density at radius 3 is 2.55 bits per heavy atom. The maximum Gasteiger partial charge on any atom is 0.0749 e. The molecule has 0 aromatic carbocycles. The summed E-state index contributed by atoms with van der Waals surface area (Å²) in [6.45, 7) is 5.43. The molecule has 2 heterocycles. The van der Waals surface area contributed by atoms with E-state index in [0.717, 1.165) is 13.0 Å². The first kappa shape index (κ1) is 16.6. The highest BCUT2D eigenvalue weighted by Gasteiger charge is 2.42. The minimum Gasteiger partial charge on any atom is -0.380 e. The summed E-state index contributed by atoms with van der Waals surface area (Å²) in [5, 5.41) is 3.54. The van der Waals surface area contributed by atoms with Crippen LogP contribution in [0.3, 0.4) is 0 Å². The van der Waals surface area contributed by atoms with Crippen molar-refractivity contribution in [1.82, 2.24) is 5.32 Å². The molecule has 4 heteroatoms. The van der Waals surface area contributed by atoms with Gasteiger partial charge in [-0.3, -0.25) is 0 Å². The molecule has 0 bridgehead atoms. The van der Waals surface area contributed by atoms with E-state index in [-0.39, 0.29) is 11.7 Å². The van der Waals surface area contributed by atoms with Crippen molar-refractivity contribution in [2.24, 2.45) is 11.8 Å². The summed E-state index contributed by atoms with van der Waals surface area (Å²) in [4.78, 5) is 0. The number of ether oxygens (including phenoxy) is 2. The Hall–Kier alpha value is 0.230. The monoisotopic (exact) mass is 301 g/mol.